The first-order valence-electron chi connectivity index (χ1n) is 10.8. The van der Waals surface area contributed by atoms with Crippen LogP contribution in [0.2, 0.25) is 0 Å². The van der Waals surface area contributed by atoms with Crippen LogP contribution in [-0.4, -0.2) is 38.1 Å². The van der Waals surface area contributed by atoms with Crippen LogP contribution in [-0.2, 0) is 9.59 Å². The first kappa shape index (κ1) is 23.1. The molecule has 0 aliphatic heterocycles. The maximum Gasteiger partial charge on any atom is 0.244 e. The van der Waals surface area contributed by atoms with Crippen LogP contribution in [0.15, 0.2) is 60.7 Å². The molecule has 3 rings (SSSR count). The van der Waals surface area contributed by atoms with Crippen LogP contribution >= 0.6 is 0 Å². The zero-order chi connectivity index (χ0) is 22.8. The fourth-order valence-electron chi connectivity index (χ4n) is 3.71. The van der Waals surface area contributed by atoms with E-state index in [0.29, 0.717) is 0 Å². The van der Waals surface area contributed by atoms with E-state index in [2.05, 4.69) is 10.6 Å². The van der Waals surface area contributed by atoms with Gasteiger partial charge in [0.25, 0.3) is 0 Å². The molecule has 2 aromatic carbocycles. The third-order valence-electron chi connectivity index (χ3n) is 5.51. The Morgan fingerprint density at radius 3 is 1.44 bits per heavy atom. The van der Waals surface area contributed by atoms with Gasteiger partial charge in [0.05, 0.1) is 14.2 Å². The van der Waals surface area contributed by atoms with E-state index in [1.165, 1.54) is 12.2 Å². The lowest BCUT2D eigenvalue weighted by atomic mass is 9.90. The van der Waals surface area contributed by atoms with Crippen molar-refractivity contribution in [3.05, 3.63) is 71.8 Å². The van der Waals surface area contributed by atoms with E-state index in [4.69, 9.17) is 9.47 Å². The Kier molecular flexibility index (Phi) is 8.49. The Morgan fingerprint density at radius 1 is 0.719 bits per heavy atom. The average molecular weight is 435 g/mol. The molecule has 0 unspecified atom stereocenters. The third-order valence-corrected chi connectivity index (χ3v) is 5.51. The lowest BCUT2D eigenvalue weighted by molar-refractivity contribution is -0.120. The fraction of sp³-hybridized carbons (Fsp3) is 0.308. The molecule has 6 heteroatoms. The molecule has 1 aliphatic rings. The van der Waals surface area contributed by atoms with Crippen molar-refractivity contribution in [2.75, 3.05) is 14.2 Å². The van der Waals surface area contributed by atoms with Gasteiger partial charge in [-0.3, -0.25) is 9.59 Å². The van der Waals surface area contributed by atoms with Crippen molar-refractivity contribution in [3.8, 4) is 11.5 Å². The van der Waals surface area contributed by atoms with Crippen molar-refractivity contribution in [2.24, 2.45) is 0 Å². The zero-order valence-corrected chi connectivity index (χ0v) is 18.5. The van der Waals surface area contributed by atoms with Crippen LogP contribution < -0.4 is 20.1 Å². The highest BCUT2D eigenvalue weighted by molar-refractivity contribution is 5.93. The molecule has 1 saturated carbocycles. The number of methoxy groups -OCH3 is 2. The molecule has 6 nitrogen and oxygen atoms in total. The average Bonchev–Trinajstić information content (AvgIpc) is 2.83. The minimum Gasteiger partial charge on any atom is -0.497 e. The van der Waals surface area contributed by atoms with Gasteiger partial charge < -0.3 is 20.1 Å². The number of hydrogen-bond donors (Lipinski definition) is 2. The SMILES string of the molecule is COc1ccc(/C=C/C(=O)N[C@@H]2CCCC[C@H]2NC(=O)/C=C/c2ccc(OC)cc2)cc1. The summed E-state index contributed by atoms with van der Waals surface area (Å²) in [7, 11) is 3.24. The molecule has 1 fully saturated rings. The van der Waals surface area contributed by atoms with Crippen LogP contribution in [0.3, 0.4) is 0 Å². The summed E-state index contributed by atoms with van der Waals surface area (Å²) in [5.41, 5.74) is 1.83. The molecule has 1 aliphatic carbocycles. The number of nitrogens with one attached hydrogen (secondary N) is 2. The summed E-state index contributed by atoms with van der Waals surface area (Å²) in [6.07, 6.45) is 10.3. The normalized spacial score (nSPS) is 18.4. The minimum atomic E-state index is -0.166. The van der Waals surface area contributed by atoms with Crippen molar-refractivity contribution in [3.63, 3.8) is 0 Å². The van der Waals surface area contributed by atoms with Gasteiger partial charge in [0, 0.05) is 24.2 Å². The van der Waals surface area contributed by atoms with E-state index < -0.39 is 0 Å². The smallest absolute Gasteiger partial charge is 0.244 e. The van der Waals surface area contributed by atoms with Crippen molar-refractivity contribution in [1.29, 1.82) is 0 Å². The van der Waals surface area contributed by atoms with Crippen molar-refractivity contribution in [1.82, 2.24) is 10.6 Å². The largest absolute Gasteiger partial charge is 0.497 e. The van der Waals surface area contributed by atoms with E-state index in [1.807, 2.05) is 48.5 Å². The molecule has 0 saturated heterocycles. The van der Waals surface area contributed by atoms with E-state index in [-0.39, 0.29) is 23.9 Å². The monoisotopic (exact) mass is 434 g/mol. The Balaban J connectivity index is 1.53. The second kappa shape index (κ2) is 11.7. The summed E-state index contributed by atoms with van der Waals surface area (Å²) in [5.74, 6) is 1.21. The predicted molar refractivity (Wildman–Crippen MR) is 126 cm³/mol. The second-order valence-corrected chi connectivity index (χ2v) is 7.73. The predicted octanol–water partition coefficient (Wildman–Crippen LogP) is 3.97. The highest BCUT2D eigenvalue weighted by Gasteiger charge is 2.26. The van der Waals surface area contributed by atoms with Gasteiger partial charge in [0.1, 0.15) is 11.5 Å². The summed E-state index contributed by atoms with van der Waals surface area (Å²) < 4.78 is 10.3. The maximum absolute atomic E-state index is 12.4. The molecule has 32 heavy (non-hydrogen) atoms. The summed E-state index contributed by atoms with van der Waals surface area (Å²) >= 11 is 0. The molecular weight excluding hydrogens is 404 g/mol. The van der Waals surface area contributed by atoms with Gasteiger partial charge in [0.15, 0.2) is 0 Å². The maximum atomic E-state index is 12.4. The Labute approximate surface area is 189 Å². The van der Waals surface area contributed by atoms with Crippen LogP contribution in [0.25, 0.3) is 12.2 Å². The number of ether oxygens (including phenoxy) is 2. The van der Waals surface area contributed by atoms with Crippen LogP contribution in [0, 0.1) is 0 Å². The molecule has 2 atom stereocenters. The molecule has 0 heterocycles. The van der Waals surface area contributed by atoms with E-state index >= 15 is 0 Å². The summed E-state index contributed by atoms with van der Waals surface area (Å²) in [6, 6.07) is 14.8. The van der Waals surface area contributed by atoms with Gasteiger partial charge in [0.2, 0.25) is 11.8 Å². The van der Waals surface area contributed by atoms with Gasteiger partial charge in [-0.2, -0.15) is 0 Å². The van der Waals surface area contributed by atoms with E-state index in [1.54, 1.807) is 26.4 Å². The number of carbonyl (C=O) groups excluding carboxylic acids is 2. The van der Waals surface area contributed by atoms with Crippen molar-refractivity contribution < 1.29 is 19.1 Å². The number of rotatable bonds is 8. The number of amides is 2. The van der Waals surface area contributed by atoms with Crippen LogP contribution in [0.4, 0.5) is 0 Å². The van der Waals surface area contributed by atoms with Gasteiger partial charge in [-0.05, 0) is 60.4 Å². The standard InChI is InChI=1S/C26H30N2O4/c1-31-21-13-7-19(8-14-21)11-17-25(29)27-23-5-3-4-6-24(23)28-26(30)18-12-20-9-15-22(32-2)16-10-20/h7-18,23-24H,3-6H2,1-2H3,(H,27,29)(H,28,30)/b17-11+,18-12+/t23-,24-/m1/s1. The molecular formula is C26H30N2O4. The molecule has 0 bridgehead atoms. The van der Waals surface area contributed by atoms with Gasteiger partial charge in [-0.1, -0.05) is 37.1 Å². The first-order valence-corrected chi connectivity index (χ1v) is 10.8. The van der Waals surface area contributed by atoms with Gasteiger partial charge in [-0.25, -0.2) is 0 Å². The molecule has 2 amide bonds. The summed E-state index contributed by atoms with van der Waals surface area (Å²) in [4.78, 5) is 24.9. The molecule has 168 valence electrons. The van der Waals surface area contributed by atoms with Crippen LogP contribution in [0.5, 0.6) is 11.5 Å². The fourth-order valence-corrected chi connectivity index (χ4v) is 3.71. The number of hydrogen-bond acceptors (Lipinski definition) is 4. The van der Waals surface area contributed by atoms with Crippen molar-refractivity contribution >= 4 is 24.0 Å². The van der Waals surface area contributed by atoms with Gasteiger partial charge in [-0.15, -0.1) is 0 Å². The highest BCUT2D eigenvalue weighted by Crippen LogP contribution is 2.19. The zero-order valence-electron chi connectivity index (χ0n) is 18.5. The molecule has 2 N–H and O–H groups in total. The summed E-state index contributed by atoms with van der Waals surface area (Å²) in [5, 5.41) is 6.10. The molecule has 2 aromatic rings. The molecule has 0 aromatic heterocycles. The quantitative estimate of drug-likeness (QED) is 0.617. The Morgan fingerprint density at radius 2 is 1.09 bits per heavy atom. The van der Waals surface area contributed by atoms with Gasteiger partial charge >= 0.3 is 0 Å². The van der Waals surface area contributed by atoms with E-state index in [9.17, 15) is 9.59 Å². The van der Waals surface area contributed by atoms with E-state index in [0.717, 1.165) is 48.3 Å². The number of carbonyl (C=O) groups is 2. The molecule has 0 spiro atoms. The second-order valence-electron chi connectivity index (χ2n) is 7.73. The summed E-state index contributed by atoms with van der Waals surface area (Å²) in [6.45, 7) is 0. The minimum absolute atomic E-state index is 0.0879. The number of benzene rings is 2. The molecule has 0 radical (unpaired) electrons. The highest BCUT2D eigenvalue weighted by atomic mass is 16.5. The Hall–Kier alpha value is -3.54. The lowest BCUT2D eigenvalue weighted by Gasteiger charge is -2.32. The topological polar surface area (TPSA) is 76.7 Å². The third kappa shape index (κ3) is 7.01. The van der Waals surface area contributed by atoms with Crippen molar-refractivity contribution in [2.45, 2.75) is 37.8 Å². The lowest BCUT2D eigenvalue weighted by Crippen LogP contribution is -2.52. The Bertz CT molecular complexity index is 869. The first-order chi connectivity index (χ1) is 15.6. The van der Waals surface area contributed by atoms with Crippen LogP contribution in [0.1, 0.15) is 36.8 Å².